The Morgan fingerprint density at radius 1 is 1.48 bits per heavy atom. The Morgan fingerprint density at radius 2 is 2.28 bits per heavy atom. The van der Waals surface area contributed by atoms with Crippen LogP contribution in [0, 0.1) is 23.1 Å². The summed E-state index contributed by atoms with van der Waals surface area (Å²) in [6.07, 6.45) is 2.93. The number of aromatic nitrogens is 1. The third-order valence-corrected chi connectivity index (χ3v) is 5.20. The lowest BCUT2D eigenvalue weighted by Gasteiger charge is -2.21. The zero-order valence-electron chi connectivity index (χ0n) is 13.9. The number of amides is 1. The number of thioether (sulfide) groups is 1. The maximum Gasteiger partial charge on any atom is 0.234 e. The number of nitriles is 1. The molecule has 0 bridgehead atoms. The van der Waals surface area contributed by atoms with Crippen molar-refractivity contribution in [2.24, 2.45) is 5.92 Å². The van der Waals surface area contributed by atoms with Crippen LogP contribution in [0.5, 0.6) is 0 Å². The normalized spacial score (nSPS) is 16.0. The molecule has 0 spiro atoms. The van der Waals surface area contributed by atoms with E-state index in [-0.39, 0.29) is 17.3 Å². The summed E-state index contributed by atoms with van der Waals surface area (Å²) in [5, 5.41) is 12.5. The van der Waals surface area contributed by atoms with Crippen LogP contribution in [0.3, 0.4) is 0 Å². The van der Waals surface area contributed by atoms with Crippen LogP contribution < -0.4 is 5.32 Å². The van der Waals surface area contributed by atoms with Gasteiger partial charge in [-0.05, 0) is 48.9 Å². The topological polar surface area (TPSA) is 65.8 Å². The molecule has 1 atom stereocenters. The number of pyridine rings is 1. The number of carbonyl (C=O) groups excluding carboxylic acids is 1. The molecule has 0 radical (unpaired) electrons. The number of nitrogens with one attached hydrogen (secondary N) is 1. The Bertz CT molecular complexity index is 847. The van der Waals surface area contributed by atoms with Gasteiger partial charge in [-0.25, -0.2) is 9.37 Å². The smallest absolute Gasteiger partial charge is 0.234 e. The first-order valence-corrected chi connectivity index (χ1v) is 9.15. The van der Waals surface area contributed by atoms with E-state index in [0.29, 0.717) is 16.5 Å². The van der Waals surface area contributed by atoms with Crippen molar-refractivity contribution in [1.82, 2.24) is 4.98 Å². The molecule has 25 heavy (non-hydrogen) atoms. The molecule has 0 saturated carbocycles. The lowest BCUT2D eigenvalue weighted by atomic mass is 9.87. The SMILES string of the molecule is CC1CCc2nc(SCC(=O)Nc3ccccc3F)c(C#N)cc2C1. The fourth-order valence-electron chi connectivity index (χ4n) is 2.90. The van der Waals surface area contributed by atoms with Crippen molar-refractivity contribution in [2.75, 3.05) is 11.1 Å². The summed E-state index contributed by atoms with van der Waals surface area (Å²) in [5.74, 6) is -0.122. The average Bonchev–Trinajstić information content (AvgIpc) is 2.61. The molecule has 2 aromatic rings. The first-order chi connectivity index (χ1) is 12.1. The quantitative estimate of drug-likeness (QED) is 0.844. The third-order valence-electron chi connectivity index (χ3n) is 4.21. The summed E-state index contributed by atoms with van der Waals surface area (Å²) >= 11 is 1.21. The van der Waals surface area contributed by atoms with E-state index in [0.717, 1.165) is 30.5 Å². The second kappa shape index (κ2) is 7.66. The second-order valence-electron chi connectivity index (χ2n) is 6.22. The van der Waals surface area contributed by atoms with Crippen LogP contribution in [0.4, 0.5) is 10.1 Å². The van der Waals surface area contributed by atoms with Gasteiger partial charge in [0.05, 0.1) is 17.0 Å². The molecule has 3 rings (SSSR count). The number of anilines is 1. The summed E-state index contributed by atoms with van der Waals surface area (Å²) in [4.78, 5) is 16.7. The molecule has 128 valence electrons. The summed E-state index contributed by atoms with van der Waals surface area (Å²) in [5.41, 5.74) is 2.81. The zero-order valence-corrected chi connectivity index (χ0v) is 14.7. The number of fused-ring (bicyclic) bond motifs is 1. The van der Waals surface area contributed by atoms with Crippen LogP contribution in [-0.2, 0) is 17.6 Å². The Labute approximate surface area is 150 Å². The number of hydrogen-bond donors (Lipinski definition) is 1. The van der Waals surface area contributed by atoms with E-state index in [9.17, 15) is 14.4 Å². The average molecular weight is 355 g/mol. The van der Waals surface area contributed by atoms with Crippen molar-refractivity contribution in [3.63, 3.8) is 0 Å². The van der Waals surface area contributed by atoms with Gasteiger partial charge in [-0.1, -0.05) is 30.8 Å². The molecule has 1 N–H and O–H groups in total. The molecule has 1 aliphatic rings. The first-order valence-electron chi connectivity index (χ1n) is 8.17. The number of hydrogen-bond acceptors (Lipinski definition) is 4. The Balaban J connectivity index is 1.70. The monoisotopic (exact) mass is 355 g/mol. The van der Waals surface area contributed by atoms with E-state index in [1.54, 1.807) is 12.1 Å². The number of benzene rings is 1. The van der Waals surface area contributed by atoms with Crippen LogP contribution in [0.2, 0.25) is 0 Å². The number of rotatable bonds is 4. The van der Waals surface area contributed by atoms with E-state index in [1.807, 2.05) is 6.07 Å². The molecule has 0 saturated heterocycles. The Hall–Kier alpha value is -2.39. The molecule has 1 unspecified atom stereocenters. The van der Waals surface area contributed by atoms with Crippen LogP contribution in [-0.4, -0.2) is 16.6 Å². The van der Waals surface area contributed by atoms with E-state index in [1.165, 1.54) is 23.9 Å². The van der Waals surface area contributed by atoms with Gasteiger partial charge < -0.3 is 5.32 Å². The van der Waals surface area contributed by atoms with Crippen LogP contribution >= 0.6 is 11.8 Å². The van der Waals surface area contributed by atoms with Gasteiger partial charge in [0, 0.05) is 5.69 Å². The first kappa shape index (κ1) is 17.4. The largest absolute Gasteiger partial charge is 0.323 e. The van der Waals surface area contributed by atoms with Gasteiger partial charge in [-0.15, -0.1) is 0 Å². The van der Waals surface area contributed by atoms with Crippen molar-refractivity contribution in [3.8, 4) is 6.07 Å². The predicted octanol–water partition coefficient (Wildman–Crippen LogP) is 3.95. The summed E-state index contributed by atoms with van der Waals surface area (Å²) in [6.45, 7) is 2.20. The summed E-state index contributed by atoms with van der Waals surface area (Å²) in [7, 11) is 0. The Kier molecular flexibility index (Phi) is 5.34. The molecule has 0 aliphatic heterocycles. The highest BCUT2D eigenvalue weighted by molar-refractivity contribution is 8.00. The van der Waals surface area contributed by atoms with Gasteiger partial charge in [0.25, 0.3) is 0 Å². The van der Waals surface area contributed by atoms with Crippen LogP contribution in [0.25, 0.3) is 0 Å². The highest BCUT2D eigenvalue weighted by Gasteiger charge is 2.20. The van der Waals surface area contributed by atoms with Gasteiger partial charge in [0.15, 0.2) is 0 Å². The lowest BCUT2D eigenvalue weighted by Crippen LogP contribution is -2.16. The lowest BCUT2D eigenvalue weighted by molar-refractivity contribution is -0.113. The fourth-order valence-corrected chi connectivity index (χ4v) is 3.68. The molecule has 0 fully saturated rings. The predicted molar refractivity (Wildman–Crippen MR) is 95.9 cm³/mol. The molecular formula is C19H18FN3OS. The Morgan fingerprint density at radius 3 is 3.04 bits per heavy atom. The minimum Gasteiger partial charge on any atom is -0.323 e. The van der Waals surface area contributed by atoms with E-state index in [2.05, 4.69) is 23.3 Å². The van der Waals surface area contributed by atoms with Crippen molar-refractivity contribution < 1.29 is 9.18 Å². The fraction of sp³-hybridized carbons (Fsp3) is 0.316. The van der Waals surface area contributed by atoms with Gasteiger partial charge in [0.1, 0.15) is 16.9 Å². The molecule has 6 heteroatoms. The number of aryl methyl sites for hydroxylation is 1. The number of carbonyl (C=O) groups is 1. The van der Waals surface area contributed by atoms with Crippen LogP contribution in [0.15, 0.2) is 35.4 Å². The third kappa shape index (κ3) is 4.18. The molecule has 1 heterocycles. The number of nitrogens with zero attached hydrogens (tertiary/aromatic N) is 2. The van der Waals surface area contributed by atoms with Gasteiger partial charge in [0.2, 0.25) is 5.91 Å². The van der Waals surface area contributed by atoms with Crippen molar-refractivity contribution in [3.05, 3.63) is 53.0 Å². The minimum atomic E-state index is -0.473. The number of halogens is 1. The van der Waals surface area contributed by atoms with Gasteiger partial charge in [-0.3, -0.25) is 4.79 Å². The molecule has 1 amide bonds. The highest BCUT2D eigenvalue weighted by atomic mass is 32.2. The van der Waals surface area contributed by atoms with Crippen molar-refractivity contribution in [1.29, 1.82) is 5.26 Å². The van der Waals surface area contributed by atoms with Crippen molar-refractivity contribution in [2.45, 2.75) is 31.2 Å². The molecule has 4 nitrogen and oxygen atoms in total. The highest BCUT2D eigenvalue weighted by Crippen LogP contribution is 2.29. The summed E-state index contributed by atoms with van der Waals surface area (Å²) in [6, 6.07) is 10.1. The van der Waals surface area contributed by atoms with Crippen LogP contribution in [0.1, 0.15) is 30.2 Å². The maximum atomic E-state index is 13.6. The maximum absolute atomic E-state index is 13.6. The van der Waals surface area contributed by atoms with Gasteiger partial charge in [-0.2, -0.15) is 5.26 Å². The van der Waals surface area contributed by atoms with E-state index >= 15 is 0 Å². The van der Waals surface area contributed by atoms with Gasteiger partial charge >= 0.3 is 0 Å². The zero-order chi connectivity index (χ0) is 17.8. The molecule has 1 aliphatic carbocycles. The minimum absolute atomic E-state index is 0.0746. The second-order valence-corrected chi connectivity index (χ2v) is 7.19. The standard InChI is InChI=1S/C19H18FN3OS/c1-12-6-7-16-13(8-12)9-14(10-21)19(23-16)25-11-18(24)22-17-5-3-2-4-15(17)20/h2-5,9,12H,6-8,11H2,1H3,(H,22,24). The van der Waals surface area contributed by atoms with E-state index in [4.69, 9.17) is 0 Å². The molecule has 1 aromatic heterocycles. The molecular weight excluding hydrogens is 337 g/mol. The van der Waals surface area contributed by atoms with Crippen molar-refractivity contribution >= 4 is 23.4 Å². The molecule has 1 aromatic carbocycles. The number of para-hydroxylation sites is 1. The van der Waals surface area contributed by atoms with E-state index < -0.39 is 5.82 Å². The summed E-state index contributed by atoms with van der Waals surface area (Å²) < 4.78 is 13.6.